The third kappa shape index (κ3) is 2.65. The number of carbonyl (C=O) groups excluding carboxylic acids is 1. The first-order valence-corrected chi connectivity index (χ1v) is 5.83. The average molecular weight is 259 g/mol. The summed E-state index contributed by atoms with van der Waals surface area (Å²) in [5.41, 5.74) is 1.77. The number of hydrogen-bond donors (Lipinski definition) is 2. The van der Waals surface area contributed by atoms with Gasteiger partial charge in [-0.3, -0.25) is 9.59 Å². The Kier molecular flexibility index (Phi) is 3.38. The predicted molar refractivity (Wildman–Crippen MR) is 68.8 cm³/mol. The van der Waals surface area contributed by atoms with E-state index < -0.39 is 11.9 Å². The molecule has 2 rings (SSSR count). The third-order valence-corrected chi connectivity index (χ3v) is 2.99. The second-order valence-corrected chi connectivity index (χ2v) is 4.51. The summed E-state index contributed by atoms with van der Waals surface area (Å²) in [5.74, 6) is -1.69. The summed E-state index contributed by atoms with van der Waals surface area (Å²) in [5, 5.41) is 20.6. The molecule has 6 heteroatoms. The summed E-state index contributed by atoms with van der Waals surface area (Å²) in [6.45, 7) is 1.91. The zero-order chi connectivity index (χ0) is 14.0. The molecule has 0 aromatic heterocycles. The first-order chi connectivity index (χ1) is 9.01. The molecule has 98 valence electrons. The Morgan fingerprint density at radius 1 is 1.63 bits per heavy atom. The van der Waals surface area contributed by atoms with Crippen molar-refractivity contribution >= 4 is 23.3 Å². The molecule has 1 aromatic carbocycles. The van der Waals surface area contributed by atoms with Gasteiger partial charge in [-0.25, -0.2) is 0 Å². The van der Waals surface area contributed by atoms with E-state index in [1.165, 1.54) is 0 Å². The van der Waals surface area contributed by atoms with Gasteiger partial charge in [-0.2, -0.15) is 5.26 Å². The zero-order valence-electron chi connectivity index (χ0n) is 10.4. The van der Waals surface area contributed by atoms with E-state index in [4.69, 9.17) is 10.4 Å². The molecular formula is C13H13N3O3. The number of amides is 1. The predicted octanol–water partition coefficient (Wildman–Crippen LogP) is 1.04. The number of anilines is 2. The van der Waals surface area contributed by atoms with Crippen LogP contribution in [0.2, 0.25) is 0 Å². The van der Waals surface area contributed by atoms with Gasteiger partial charge in [0.25, 0.3) is 0 Å². The topological polar surface area (TPSA) is 93.4 Å². The first kappa shape index (κ1) is 12.9. The Morgan fingerprint density at radius 2 is 2.37 bits per heavy atom. The quantitative estimate of drug-likeness (QED) is 0.845. The minimum atomic E-state index is -0.913. The van der Waals surface area contributed by atoms with Crippen LogP contribution in [-0.4, -0.2) is 30.1 Å². The zero-order valence-corrected chi connectivity index (χ0v) is 10.4. The maximum absolute atomic E-state index is 11.6. The van der Waals surface area contributed by atoms with Gasteiger partial charge in [0.1, 0.15) is 0 Å². The number of carboxylic acids is 1. The normalized spacial score (nSPS) is 15.2. The second kappa shape index (κ2) is 4.98. The largest absolute Gasteiger partial charge is 0.481 e. The van der Waals surface area contributed by atoms with Crippen molar-refractivity contribution in [1.82, 2.24) is 0 Å². The van der Waals surface area contributed by atoms with Crippen molar-refractivity contribution in [2.45, 2.75) is 6.92 Å². The van der Waals surface area contributed by atoms with E-state index in [9.17, 15) is 9.59 Å². The molecule has 1 aliphatic heterocycles. The highest BCUT2D eigenvalue weighted by atomic mass is 16.4. The number of aliphatic carboxylic acids is 1. The second-order valence-electron chi connectivity index (χ2n) is 4.51. The summed E-state index contributed by atoms with van der Waals surface area (Å²) in [7, 11) is 0. The number of carbonyl (C=O) groups is 2. The monoisotopic (exact) mass is 259 g/mol. The molecule has 0 saturated carbocycles. The fraction of sp³-hybridized carbons (Fsp3) is 0.308. The van der Waals surface area contributed by atoms with E-state index in [1.807, 2.05) is 6.07 Å². The Bertz CT molecular complexity index is 577. The van der Waals surface area contributed by atoms with E-state index in [-0.39, 0.29) is 19.0 Å². The fourth-order valence-corrected chi connectivity index (χ4v) is 1.99. The first-order valence-electron chi connectivity index (χ1n) is 5.83. The molecule has 6 nitrogen and oxygen atoms in total. The number of nitrogens with zero attached hydrogens (tertiary/aromatic N) is 2. The maximum Gasteiger partial charge on any atom is 0.308 e. The van der Waals surface area contributed by atoms with Crippen LogP contribution in [0.15, 0.2) is 18.2 Å². The summed E-state index contributed by atoms with van der Waals surface area (Å²) < 4.78 is 0. The number of rotatable bonds is 3. The molecule has 0 radical (unpaired) electrons. The lowest BCUT2D eigenvalue weighted by Gasteiger charge is -2.32. The Hall–Kier alpha value is -2.55. The van der Waals surface area contributed by atoms with Crippen LogP contribution >= 0.6 is 0 Å². The molecule has 0 spiro atoms. The van der Waals surface area contributed by atoms with Crippen LogP contribution < -0.4 is 10.2 Å². The van der Waals surface area contributed by atoms with E-state index in [0.29, 0.717) is 16.9 Å². The molecule has 0 aliphatic carbocycles. The van der Waals surface area contributed by atoms with Crippen LogP contribution in [-0.2, 0) is 9.59 Å². The third-order valence-electron chi connectivity index (χ3n) is 2.99. The van der Waals surface area contributed by atoms with E-state index in [0.717, 1.165) is 0 Å². The molecule has 19 heavy (non-hydrogen) atoms. The molecule has 2 N–H and O–H groups in total. The fourth-order valence-electron chi connectivity index (χ4n) is 1.99. The molecule has 1 aromatic rings. The number of nitrogens with one attached hydrogen (secondary N) is 1. The number of benzene rings is 1. The smallest absolute Gasteiger partial charge is 0.308 e. The van der Waals surface area contributed by atoms with Crippen molar-refractivity contribution in [3.8, 4) is 6.07 Å². The minimum Gasteiger partial charge on any atom is -0.481 e. The molecule has 1 heterocycles. The number of nitriles is 1. The molecule has 0 saturated heterocycles. The lowest BCUT2D eigenvalue weighted by atomic mass is 10.1. The Balaban J connectivity index is 2.34. The van der Waals surface area contributed by atoms with Crippen LogP contribution in [0.4, 0.5) is 11.4 Å². The molecule has 0 fully saturated rings. The highest BCUT2D eigenvalue weighted by Gasteiger charge is 2.25. The molecule has 1 unspecified atom stereocenters. The van der Waals surface area contributed by atoms with Gasteiger partial charge >= 0.3 is 5.97 Å². The van der Waals surface area contributed by atoms with Crippen molar-refractivity contribution in [3.63, 3.8) is 0 Å². The standard InChI is InChI=1S/C13H13N3O3/c1-8(13(18)19)6-16-7-12(17)15-10-3-2-9(5-14)4-11(10)16/h2-4,8H,6-7H2,1H3,(H,15,17)(H,18,19). The van der Waals surface area contributed by atoms with E-state index in [1.54, 1.807) is 30.0 Å². The van der Waals surface area contributed by atoms with Crippen molar-refractivity contribution in [2.24, 2.45) is 5.92 Å². The highest BCUT2D eigenvalue weighted by molar-refractivity contribution is 6.01. The van der Waals surface area contributed by atoms with Crippen LogP contribution in [0, 0.1) is 17.2 Å². The average Bonchev–Trinajstić information content (AvgIpc) is 2.38. The summed E-state index contributed by atoms with van der Waals surface area (Å²) in [4.78, 5) is 24.2. The highest BCUT2D eigenvalue weighted by Crippen LogP contribution is 2.30. The number of fused-ring (bicyclic) bond motifs is 1. The molecule has 1 aliphatic rings. The van der Waals surface area contributed by atoms with E-state index >= 15 is 0 Å². The van der Waals surface area contributed by atoms with Crippen LogP contribution in [0.5, 0.6) is 0 Å². The molecule has 0 bridgehead atoms. The lowest BCUT2D eigenvalue weighted by Crippen LogP contribution is -2.41. The van der Waals surface area contributed by atoms with Gasteiger partial charge in [-0.15, -0.1) is 0 Å². The summed E-state index contributed by atoms with van der Waals surface area (Å²) in [6.07, 6.45) is 0. The molecule has 1 amide bonds. The van der Waals surface area contributed by atoms with Crippen LogP contribution in [0.3, 0.4) is 0 Å². The minimum absolute atomic E-state index is 0.0967. The summed E-state index contributed by atoms with van der Waals surface area (Å²) in [6, 6.07) is 6.96. The Morgan fingerprint density at radius 3 is 3.00 bits per heavy atom. The van der Waals surface area contributed by atoms with Gasteiger partial charge in [-0.1, -0.05) is 6.92 Å². The molecule has 1 atom stereocenters. The van der Waals surface area contributed by atoms with Gasteiger partial charge in [-0.05, 0) is 18.2 Å². The van der Waals surface area contributed by atoms with Crippen molar-refractivity contribution in [1.29, 1.82) is 5.26 Å². The van der Waals surface area contributed by atoms with Gasteiger partial charge in [0.2, 0.25) is 5.91 Å². The van der Waals surface area contributed by atoms with Gasteiger partial charge < -0.3 is 15.3 Å². The van der Waals surface area contributed by atoms with Crippen LogP contribution in [0.25, 0.3) is 0 Å². The SMILES string of the molecule is CC(CN1CC(=O)Nc2ccc(C#N)cc21)C(=O)O. The van der Waals surface area contributed by atoms with Crippen molar-refractivity contribution < 1.29 is 14.7 Å². The Labute approximate surface area is 110 Å². The van der Waals surface area contributed by atoms with Crippen LogP contribution in [0.1, 0.15) is 12.5 Å². The molecular weight excluding hydrogens is 246 g/mol. The lowest BCUT2D eigenvalue weighted by molar-refractivity contribution is -0.140. The van der Waals surface area contributed by atoms with Crippen molar-refractivity contribution in [2.75, 3.05) is 23.3 Å². The van der Waals surface area contributed by atoms with Gasteiger partial charge in [0, 0.05) is 6.54 Å². The van der Waals surface area contributed by atoms with Crippen molar-refractivity contribution in [3.05, 3.63) is 23.8 Å². The summed E-state index contributed by atoms with van der Waals surface area (Å²) >= 11 is 0. The van der Waals surface area contributed by atoms with E-state index in [2.05, 4.69) is 5.32 Å². The number of hydrogen-bond acceptors (Lipinski definition) is 4. The van der Waals surface area contributed by atoms with Gasteiger partial charge in [0.15, 0.2) is 0 Å². The number of carboxylic acid groups (broad SMARTS) is 1. The van der Waals surface area contributed by atoms with Gasteiger partial charge in [0.05, 0.1) is 35.5 Å². The maximum atomic E-state index is 11.6.